The molecule has 0 aliphatic rings. The van der Waals surface area contributed by atoms with Gasteiger partial charge in [-0.1, -0.05) is 23.7 Å². The van der Waals surface area contributed by atoms with Crippen molar-refractivity contribution in [2.75, 3.05) is 13.2 Å². The molecule has 0 heterocycles. The first-order valence-corrected chi connectivity index (χ1v) is 13.0. The Morgan fingerprint density at radius 3 is 1.31 bits per heavy atom. The molecule has 0 spiro atoms. The van der Waals surface area contributed by atoms with Gasteiger partial charge < -0.3 is 9.79 Å². The van der Waals surface area contributed by atoms with Crippen LogP contribution in [0.3, 0.4) is 0 Å². The lowest BCUT2D eigenvalue weighted by Crippen LogP contribution is -2.18. The summed E-state index contributed by atoms with van der Waals surface area (Å²) in [6, 6.07) is 7.19. The summed E-state index contributed by atoms with van der Waals surface area (Å²) in [6.45, 7) is 9.94. The maximum atomic E-state index is 11.7. The monoisotopic (exact) mass is 486 g/mol. The minimum atomic E-state index is -4.10. The summed E-state index contributed by atoms with van der Waals surface area (Å²) in [5, 5.41) is 0. The van der Waals surface area contributed by atoms with Crippen LogP contribution in [-0.2, 0) is 27.2 Å². The van der Waals surface area contributed by atoms with Gasteiger partial charge in [0.05, 0.1) is 24.4 Å². The minimum Gasteiger partial charge on any atom is -0.302 e. The molecule has 8 nitrogen and oxygen atoms in total. The largest absolute Gasteiger partial charge is 0.472 e. The van der Waals surface area contributed by atoms with Crippen LogP contribution >= 0.6 is 15.6 Å². The van der Waals surface area contributed by atoms with Crippen molar-refractivity contribution in [3.8, 4) is 23.7 Å². The molecule has 0 fully saturated rings. The Hall–Kier alpha value is -1.44. The summed E-state index contributed by atoms with van der Waals surface area (Å²) in [7, 11) is -8.19. The molecular formula is C22H32O8P2. The fourth-order valence-electron chi connectivity index (χ4n) is 2.13. The third kappa shape index (κ3) is 14.6. The standard InChI is InChI=1S/C22H32O8P2/c1-21(2,3)29-31(23,24)27-17-9-7-11-19-13-15-20(16-14-19)12-8-10-18-28-32(25,26)30-22(4,5)6/h13-16H,9-10,17-18H2,1-6H3,(H,23,24)(H,25,26). The number of phosphoric acid groups is 2. The Morgan fingerprint density at radius 1 is 0.719 bits per heavy atom. The van der Waals surface area contributed by atoms with E-state index in [9.17, 15) is 18.9 Å². The third-order valence-electron chi connectivity index (χ3n) is 3.09. The van der Waals surface area contributed by atoms with Crippen molar-refractivity contribution in [3.05, 3.63) is 35.4 Å². The van der Waals surface area contributed by atoms with E-state index >= 15 is 0 Å². The quantitative estimate of drug-likeness (QED) is 0.299. The van der Waals surface area contributed by atoms with E-state index < -0.39 is 26.8 Å². The van der Waals surface area contributed by atoms with Crippen LogP contribution in [0.4, 0.5) is 0 Å². The first-order valence-electron chi connectivity index (χ1n) is 10.0. The van der Waals surface area contributed by atoms with Gasteiger partial charge in [-0.3, -0.25) is 18.1 Å². The molecule has 32 heavy (non-hydrogen) atoms. The molecular weight excluding hydrogens is 454 g/mol. The van der Waals surface area contributed by atoms with Crippen molar-refractivity contribution >= 4 is 15.6 Å². The second-order valence-corrected chi connectivity index (χ2v) is 11.4. The Labute approximate surface area is 190 Å². The van der Waals surface area contributed by atoms with Crippen LogP contribution in [0, 0.1) is 23.7 Å². The zero-order chi connectivity index (χ0) is 24.5. The Bertz CT molecular complexity index is 872. The van der Waals surface area contributed by atoms with Gasteiger partial charge >= 0.3 is 15.6 Å². The van der Waals surface area contributed by atoms with Crippen LogP contribution in [0.5, 0.6) is 0 Å². The lowest BCUT2D eigenvalue weighted by atomic mass is 10.1. The predicted octanol–water partition coefficient (Wildman–Crippen LogP) is 5.03. The van der Waals surface area contributed by atoms with Crippen LogP contribution in [0.2, 0.25) is 0 Å². The van der Waals surface area contributed by atoms with E-state index in [-0.39, 0.29) is 26.1 Å². The second kappa shape index (κ2) is 12.1. The van der Waals surface area contributed by atoms with Crippen molar-refractivity contribution in [1.82, 2.24) is 0 Å². The summed E-state index contributed by atoms with van der Waals surface area (Å²) in [4.78, 5) is 19.2. The smallest absolute Gasteiger partial charge is 0.302 e. The first kappa shape index (κ1) is 28.6. The van der Waals surface area contributed by atoms with Crippen LogP contribution in [-0.4, -0.2) is 34.2 Å². The number of hydrogen-bond donors (Lipinski definition) is 2. The lowest BCUT2D eigenvalue weighted by Gasteiger charge is -2.22. The molecule has 10 heteroatoms. The van der Waals surface area contributed by atoms with Crippen LogP contribution in [0.1, 0.15) is 65.5 Å². The molecule has 1 aromatic carbocycles. The van der Waals surface area contributed by atoms with Gasteiger partial charge in [0.25, 0.3) is 0 Å². The molecule has 2 N–H and O–H groups in total. The van der Waals surface area contributed by atoms with Gasteiger partial charge in [0.15, 0.2) is 0 Å². The average Bonchev–Trinajstić information content (AvgIpc) is 2.58. The Morgan fingerprint density at radius 2 is 1.03 bits per heavy atom. The van der Waals surface area contributed by atoms with E-state index in [4.69, 9.17) is 18.1 Å². The highest BCUT2D eigenvalue weighted by Gasteiger charge is 2.29. The lowest BCUT2D eigenvalue weighted by molar-refractivity contribution is 0.0611. The van der Waals surface area contributed by atoms with Gasteiger partial charge in [-0.15, -0.1) is 0 Å². The van der Waals surface area contributed by atoms with E-state index in [2.05, 4.69) is 23.7 Å². The van der Waals surface area contributed by atoms with Gasteiger partial charge in [0.2, 0.25) is 0 Å². The summed E-state index contributed by atoms with van der Waals surface area (Å²) in [5.41, 5.74) is -0.0420. The van der Waals surface area contributed by atoms with Crippen molar-refractivity contribution in [2.24, 2.45) is 0 Å². The van der Waals surface area contributed by atoms with Gasteiger partial charge in [-0.2, -0.15) is 0 Å². The molecule has 0 radical (unpaired) electrons. The van der Waals surface area contributed by atoms with E-state index in [1.54, 1.807) is 65.8 Å². The average molecular weight is 486 g/mol. The molecule has 0 aliphatic carbocycles. The molecule has 0 bridgehead atoms. The van der Waals surface area contributed by atoms with E-state index in [0.717, 1.165) is 11.1 Å². The molecule has 0 amide bonds. The minimum absolute atomic E-state index is 0.0238. The molecule has 1 aromatic rings. The van der Waals surface area contributed by atoms with Crippen LogP contribution in [0.15, 0.2) is 24.3 Å². The number of phosphoric ester groups is 2. The Kier molecular flexibility index (Phi) is 10.9. The summed E-state index contributed by atoms with van der Waals surface area (Å²) in [6.07, 6.45) is 0.542. The molecule has 0 aliphatic heterocycles. The summed E-state index contributed by atoms with van der Waals surface area (Å²) >= 11 is 0. The van der Waals surface area contributed by atoms with Crippen LogP contribution in [0.25, 0.3) is 0 Å². The number of benzene rings is 1. The zero-order valence-electron chi connectivity index (χ0n) is 19.4. The van der Waals surface area contributed by atoms with Crippen molar-refractivity contribution in [1.29, 1.82) is 0 Å². The van der Waals surface area contributed by atoms with Gasteiger partial charge in [0, 0.05) is 24.0 Å². The van der Waals surface area contributed by atoms with Gasteiger partial charge in [0.1, 0.15) is 0 Å². The maximum Gasteiger partial charge on any atom is 0.472 e. The maximum absolute atomic E-state index is 11.7. The van der Waals surface area contributed by atoms with Crippen molar-refractivity contribution < 1.29 is 37.0 Å². The van der Waals surface area contributed by atoms with Gasteiger partial charge in [-0.25, -0.2) is 9.13 Å². The summed E-state index contributed by atoms with van der Waals surface area (Å²) in [5.74, 6) is 11.6. The molecule has 1 rings (SSSR count). The first-order chi connectivity index (χ1) is 14.6. The van der Waals surface area contributed by atoms with Crippen molar-refractivity contribution in [3.63, 3.8) is 0 Å². The molecule has 2 unspecified atom stereocenters. The third-order valence-corrected chi connectivity index (χ3v) is 5.67. The van der Waals surface area contributed by atoms with Crippen LogP contribution < -0.4 is 0 Å². The highest BCUT2D eigenvalue weighted by molar-refractivity contribution is 7.47. The van der Waals surface area contributed by atoms with Crippen molar-refractivity contribution in [2.45, 2.75) is 65.6 Å². The van der Waals surface area contributed by atoms with E-state index in [1.807, 2.05) is 0 Å². The normalized spacial score (nSPS) is 15.5. The van der Waals surface area contributed by atoms with Gasteiger partial charge in [-0.05, 0) is 65.8 Å². The Balaban J connectivity index is 2.43. The summed E-state index contributed by atoms with van der Waals surface area (Å²) < 4.78 is 43.2. The fraction of sp³-hybridized carbons (Fsp3) is 0.545. The fourth-order valence-corrected chi connectivity index (χ4v) is 4.27. The molecule has 0 aromatic heterocycles. The highest BCUT2D eigenvalue weighted by Crippen LogP contribution is 2.47. The number of rotatable bonds is 8. The second-order valence-electron chi connectivity index (χ2n) is 8.69. The van der Waals surface area contributed by atoms with E-state index in [0.29, 0.717) is 0 Å². The highest BCUT2D eigenvalue weighted by atomic mass is 31.2. The molecule has 2 atom stereocenters. The molecule has 0 saturated heterocycles. The van der Waals surface area contributed by atoms with E-state index in [1.165, 1.54) is 0 Å². The molecule has 178 valence electrons. The predicted molar refractivity (Wildman–Crippen MR) is 123 cm³/mol. The topological polar surface area (TPSA) is 112 Å². The zero-order valence-corrected chi connectivity index (χ0v) is 21.2. The number of hydrogen-bond acceptors (Lipinski definition) is 6. The molecule has 0 saturated carbocycles. The SMILES string of the molecule is CC(C)(C)OP(=O)(O)OCCC#Cc1ccc(C#CCCOP(=O)(O)OC(C)(C)C)cc1.